The van der Waals surface area contributed by atoms with Crippen LogP contribution in [0.15, 0.2) is 18.2 Å². The van der Waals surface area contributed by atoms with Gasteiger partial charge in [0.05, 0.1) is 25.9 Å². The summed E-state index contributed by atoms with van der Waals surface area (Å²) in [5, 5.41) is 9.87. The highest BCUT2D eigenvalue weighted by atomic mass is 16.5. The van der Waals surface area contributed by atoms with Crippen molar-refractivity contribution in [2.75, 3.05) is 14.2 Å². The molecule has 1 aromatic carbocycles. The monoisotopic (exact) mass is 228 g/mol. The number of aromatic nitrogens is 1. The minimum absolute atomic E-state index is 0.574. The molecule has 1 aromatic heterocycles. The summed E-state index contributed by atoms with van der Waals surface area (Å²) < 4.78 is 10.4. The number of ether oxygens (including phenoxy) is 2. The first-order chi connectivity index (χ1) is 8.19. The van der Waals surface area contributed by atoms with Crippen molar-refractivity contribution in [3.05, 3.63) is 29.5 Å². The highest BCUT2D eigenvalue weighted by Crippen LogP contribution is 2.31. The second-order valence-corrected chi connectivity index (χ2v) is 3.65. The molecule has 0 aliphatic carbocycles. The summed E-state index contributed by atoms with van der Waals surface area (Å²) in [6, 6.07) is 7.47. The van der Waals surface area contributed by atoms with Crippen molar-refractivity contribution >= 4 is 10.9 Å². The van der Waals surface area contributed by atoms with Crippen LogP contribution in [0.2, 0.25) is 0 Å². The average Bonchev–Trinajstić information content (AvgIpc) is 2.36. The molecule has 2 rings (SSSR count). The first-order valence-corrected chi connectivity index (χ1v) is 5.13. The van der Waals surface area contributed by atoms with Gasteiger partial charge >= 0.3 is 0 Å². The molecule has 2 aromatic rings. The van der Waals surface area contributed by atoms with Gasteiger partial charge < -0.3 is 9.47 Å². The summed E-state index contributed by atoms with van der Waals surface area (Å²) in [7, 11) is 3.15. The lowest BCUT2D eigenvalue weighted by Crippen LogP contribution is -1.94. The second kappa shape index (κ2) is 4.30. The van der Waals surface area contributed by atoms with Crippen molar-refractivity contribution in [3.63, 3.8) is 0 Å². The number of rotatable bonds is 2. The Morgan fingerprint density at radius 2 is 1.94 bits per heavy atom. The smallest absolute Gasteiger partial charge is 0.148 e. The van der Waals surface area contributed by atoms with Crippen molar-refractivity contribution in [1.29, 1.82) is 5.26 Å². The van der Waals surface area contributed by atoms with Crippen LogP contribution >= 0.6 is 0 Å². The third kappa shape index (κ3) is 1.87. The fourth-order valence-electron chi connectivity index (χ4n) is 1.76. The molecule has 1 heterocycles. The van der Waals surface area contributed by atoms with Crippen LogP contribution in [-0.4, -0.2) is 19.2 Å². The van der Waals surface area contributed by atoms with Crippen molar-refractivity contribution in [1.82, 2.24) is 4.98 Å². The molecule has 0 aliphatic rings. The molecule has 0 saturated heterocycles. The maximum absolute atomic E-state index is 9.13. The third-order valence-electron chi connectivity index (χ3n) is 2.56. The molecule has 0 unspecified atom stereocenters. The fraction of sp³-hybridized carbons (Fsp3) is 0.231. The van der Waals surface area contributed by atoms with E-state index < -0.39 is 0 Å². The lowest BCUT2D eigenvalue weighted by molar-refractivity contribution is 0.397. The van der Waals surface area contributed by atoms with Crippen molar-refractivity contribution in [3.8, 4) is 17.6 Å². The average molecular weight is 228 g/mol. The van der Waals surface area contributed by atoms with E-state index >= 15 is 0 Å². The standard InChI is InChI=1S/C13H12N2O2/c1-8-4-9(7-14)11-5-10(16-2)6-12(17-3)13(11)15-8/h4-6H,1-3H3. The summed E-state index contributed by atoms with van der Waals surface area (Å²) in [4.78, 5) is 4.40. The maximum atomic E-state index is 9.13. The van der Waals surface area contributed by atoms with Crippen molar-refractivity contribution < 1.29 is 9.47 Å². The molecule has 86 valence electrons. The lowest BCUT2D eigenvalue weighted by Gasteiger charge is -2.09. The predicted molar refractivity (Wildman–Crippen MR) is 64.3 cm³/mol. The molecule has 0 amide bonds. The van der Waals surface area contributed by atoms with Gasteiger partial charge in [-0.2, -0.15) is 5.26 Å². The first kappa shape index (κ1) is 11.2. The summed E-state index contributed by atoms with van der Waals surface area (Å²) >= 11 is 0. The van der Waals surface area contributed by atoms with E-state index in [-0.39, 0.29) is 0 Å². The highest BCUT2D eigenvalue weighted by Gasteiger charge is 2.11. The van der Waals surface area contributed by atoms with Crippen molar-refractivity contribution in [2.45, 2.75) is 6.92 Å². The predicted octanol–water partition coefficient (Wildman–Crippen LogP) is 2.43. The van der Waals surface area contributed by atoms with Gasteiger partial charge in [-0.15, -0.1) is 0 Å². The summed E-state index contributed by atoms with van der Waals surface area (Å²) in [5.41, 5.74) is 2.05. The summed E-state index contributed by atoms with van der Waals surface area (Å²) in [5.74, 6) is 1.26. The molecule has 17 heavy (non-hydrogen) atoms. The number of methoxy groups -OCH3 is 2. The van der Waals surface area contributed by atoms with Gasteiger partial charge in [-0.3, -0.25) is 0 Å². The van der Waals surface area contributed by atoms with E-state index in [1.165, 1.54) is 0 Å². The molecule has 0 N–H and O–H groups in total. The van der Waals surface area contributed by atoms with Gasteiger partial charge in [0.2, 0.25) is 0 Å². The Morgan fingerprint density at radius 3 is 2.53 bits per heavy atom. The Morgan fingerprint density at radius 1 is 1.18 bits per heavy atom. The number of hydrogen-bond donors (Lipinski definition) is 0. The second-order valence-electron chi connectivity index (χ2n) is 3.65. The van der Waals surface area contributed by atoms with Gasteiger partial charge in [0.1, 0.15) is 17.0 Å². The zero-order valence-electron chi connectivity index (χ0n) is 9.94. The molecule has 0 radical (unpaired) electrons. The quantitative estimate of drug-likeness (QED) is 0.792. The van der Waals surface area contributed by atoms with E-state index in [1.807, 2.05) is 6.92 Å². The Kier molecular flexibility index (Phi) is 2.84. The number of fused-ring (bicyclic) bond motifs is 1. The molecular weight excluding hydrogens is 216 g/mol. The largest absolute Gasteiger partial charge is 0.497 e. The molecular formula is C13H12N2O2. The van der Waals surface area contributed by atoms with Gasteiger partial charge in [0.15, 0.2) is 0 Å². The van der Waals surface area contributed by atoms with Crippen LogP contribution in [0, 0.1) is 18.3 Å². The van der Waals surface area contributed by atoms with Gasteiger partial charge in [0.25, 0.3) is 0 Å². The van der Waals surface area contributed by atoms with E-state index in [0.29, 0.717) is 22.6 Å². The first-order valence-electron chi connectivity index (χ1n) is 5.13. The molecule has 4 nitrogen and oxygen atoms in total. The van der Waals surface area contributed by atoms with Crippen LogP contribution in [0.4, 0.5) is 0 Å². The van der Waals surface area contributed by atoms with Gasteiger partial charge in [0, 0.05) is 17.1 Å². The molecule has 0 spiro atoms. The number of benzene rings is 1. The van der Waals surface area contributed by atoms with E-state index in [4.69, 9.17) is 14.7 Å². The van der Waals surface area contributed by atoms with Crippen LogP contribution < -0.4 is 9.47 Å². The van der Waals surface area contributed by atoms with Gasteiger partial charge in [-0.25, -0.2) is 4.98 Å². The maximum Gasteiger partial charge on any atom is 0.148 e. The number of nitriles is 1. The van der Waals surface area contributed by atoms with Crippen LogP contribution in [0.3, 0.4) is 0 Å². The molecule has 4 heteroatoms. The Labute approximate surface area is 99.4 Å². The number of hydrogen-bond acceptors (Lipinski definition) is 4. The third-order valence-corrected chi connectivity index (χ3v) is 2.56. The van der Waals surface area contributed by atoms with E-state index in [9.17, 15) is 0 Å². The lowest BCUT2D eigenvalue weighted by atomic mass is 10.1. The van der Waals surface area contributed by atoms with Crippen LogP contribution in [-0.2, 0) is 0 Å². The SMILES string of the molecule is COc1cc(OC)c2nc(C)cc(C#N)c2c1. The number of nitrogens with zero attached hydrogens (tertiary/aromatic N) is 2. The summed E-state index contributed by atoms with van der Waals surface area (Å²) in [6.45, 7) is 1.85. The molecule has 0 aliphatic heterocycles. The van der Waals surface area contributed by atoms with E-state index in [0.717, 1.165) is 11.1 Å². The molecule has 0 atom stereocenters. The van der Waals surface area contributed by atoms with E-state index in [2.05, 4.69) is 11.1 Å². The normalized spacial score (nSPS) is 10.0. The van der Waals surface area contributed by atoms with Crippen molar-refractivity contribution in [2.24, 2.45) is 0 Å². The zero-order valence-corrected chi connectivity index (χ0v) is 9.94. The molecule has 0 fully saturated rings. The van der Waals surface area contributed by atoms with Crippen LogP contribution in [0.1, 0.15) is 11.3 Å². The van der Waals surface area contributed by atoms with Crippen LogP contribution in [0.5, 0.6) is 11.5 Å². The van der Waals surface area contributed by atoms with Gasteiger partial charge in [-0.05, 0) is 19.1 Å². The summed E-state index contributed by atoms with van der Waals surface area (Å²) in [6.07, 6.45) is 0. The molecule has 0 bridgehead atoms. The van der Waals surface area contributed by atoms with Crippen LogP contribution in [0.25, 0.3) is 10.9 Å². The Bertz CT molecular complexity index is 615. The Hall–Kier alpha value is -2.28. The number of aryl methyl sites for hydroxylation is 1. The minimum atomic E-state index is 0.574. The Balaban J connectivity index is 2.89. The fourth-order valence-corrected chi connectivity index (χ4v) is 1.76. The molecule has 0 saturated carbocycles. The minimum Gasteiger partial charge on any atom is -0.497 e. The van der Waals surface area contributed by atoms with Gasteiger partial charge in [-0.1, -0.05) is 0 Å². The van der Waals surface area contributed by atoms with E-state index in [1.54, 1.807) is 32.4 Å². The number of pyridine rings is 1. The zero-order chi connectivity index (χ0) is 12.4. The highest BCUT2D eigenvalue weighted by molar-refractivity contribution is 5.91. The topological polar surface area (TPSA) is 55.1 Å².